The molecule has 1 unspecified atom stereocenters. The Morgan fingerprint density at radius 3 is 2.80 bits per heavy atom. The van der Waals surface area contributed by atoms with Crippen molar-refractivity contribution in [3.63, 3.8) is 0 Å². The number of nitrogens with one attached hydrogen (secondary N) is 1. The van der Waals surface area contributed by atoms with Gasteiger partial charge in [-0.05, 0) is 55.3 Å². The number of carbonyl (C=O) groups is 1. The zero-order valence-corrected chi connectivity index (χ0v) is 16.9. The molecule has 1 saturated heterocycles. The summed E-state index contributed by atoms with van der Waals surface area (Å²) in [4.78, 5) is 12.0. The zero-order valence-electron chi connectivity index (χ0n) is 16.2. The maximum Gasteiger partial charge on any atom is 0.255 e. The molecular weight excluding hydrogens is 402 g/mol. The first-order valence-corrected chi connectivity index (χ1v) is 10.3. The molecule has 2 fully saturated rings. The van der Waals surface area contributed by atoms with Gasteiger partial charge in [0.1, 0.15) is 11.4 Å². The second-order valence-corrected chi connectivity index (χ2v) is 8.14. The van der Waals surface area contributed by atoms with E-state index in [1.807, 2.05) is 18.3 Å². The fraction of sp³-hybridized carbons (Fsp3) is 0.333. The lowest BCUT2D eigenvalue weighted by molar-refractivity contribution is 0.100. The van der Waals surface area contributed by atoms with Gasteiger partial charge < -0.3 is 16.8 Å². The van der Waals surface area contributed by atoms with Gasteiger partial charge in [-0.25, -0.2) is 4.68 Å². The summed E-state index contributed by atoms with van der Waals surface area (Å²) in [6.07, 6.45) is 5.01. The summed E-state index contributed by atoms with van der Waals surface area (Å²) >= 11 is 6.51. The molecule has 0 radical (unpaired) electrons. The maximum atomic E-state index is 12.0. The van der Waals surface area contributed by atoms with E-state index in [1.165, 1.54) is 5.56 Å². The van der Waals surface area contributed by atoms with E-state index in [-0.39, 0.29) is 23.1 Å². The van der Waals surface area contributed by atoms with Crippen LogP contribution in [0.3, 0.4) is 0 Å². The van der Waals surface area contributed by atoms with E-state index in [0.29, 0.717) is 16.5 Å². The number of fused-ring (bicyclic) bond motifs is 1. The fourth-order valence-electron chi connectivity index (χ4n) is 3.94. The Morgan fingerprint density at radius 1 is 1.27 bits per heavy atom. The van der Waals surface area contributed by atoms with Gasteiger partial charge in [0.05, 0.1) is 22.8 Å². The second-order valence-electron chi connectivity index (χ2n) is 7.74. The number of primary amides is 1. The fourth-order valence-corrected chi connectivity index (χ4v) is 4.16. The van der Waals surface area contributed by atoms with E-state index >= 15 is 0 Å². The summed E-state index contributed by atoms with van der Waals surface area (Å²) in [7, 11) is 0. The Hall–Kier alpha value is -3.15. The van der Waals surface area contributed by atoms with Crippen molar-refractivity contribution >= 4 is 34.2 Å². The summed E-state index contributed by atoms with van der Waals surface area (Å²) < 4.78 is 1.64. The molecule has 0 bridgehead atoms. The first-order valence-electron chi connectivity index (χ1n) is 9.88. The van der Waals surface area contributed by atoms with Crippen LogP contribution in [0.2, 0.25) is 5.02 Å². The van der Waals surface area contributed by atoms with Crippen molar-refractivity contribution in [1.82, 2.24) is 25.3 Å². The van der Waals surface area contributed by atoms with Crippen LogP contribution in [0, 0.1) is 11.8 Å². The predicted molar refractivity (Wildman–Crippen MR) is 114 cm³/mol. The first kappa shape index (κ1) is 18.9. The van der Waals surface area contributed by atoms with Gasteiger partial charge in [0.2, 0.25) is 0 Å². The molecule has 2 aliphatic rings. The van der Waals surface area contributed by atoms with Crippen LogP contribution in [-0.2, 0) is 0 Å². The summed E-state index contributed by atoms with van der Waals surface area (Å²) in [5.41, 5.74) is 14.6. The summed E-state index contributed by atoms with van der Waals surface area (Å²) in [6.45, 7) is 1.60. The van der Waals surface area contributed by atoms with Crippen molar-refractivity contribution in [3.05, 3.63) is 45.7 Å². The molecule has 2 aromatic heterocycles. The number of aromatic nitrogens is 4. The lowest BCUT2D eigenvalue weighted by Crippen LogP contribution is -2.18. The molecule has 152 valence electrons. The van der Waals surface area contributed by atoms with Crippen LogP contribution >= 0.6 is 11.6 Å². The Labute approximate surface area is 178 Å². The molecule has 9 heteroatoms. The van der Waals surface area contributed by atoms with Crippen LogP contribution in [0.5, 0.6) is 0 Å². The monoisotopic (exact) mass is 421 g/mol. The van der Waals surface area contributed by atoms with Crippen molar-refractivity contribution in [2.45, 2.75) is 31.2 Å². The molecule has 1 aromatic carbocycles. The summed E-state index contributed by atoms with van der Waals surface area (Å²) in [6, 6.07) is 3.77. The van der Waals surface area contributed by atoms with E-state index in [9.17, 15) is 4.79 Å². The average Bonchev–Trinajstić information content (AvgIpc) is 3.31. The highest BCUT2D eigenvalue weighted by Gasteiger charge is 2.27. The minimum absolute atomic E-state index is 0.0685. The van der Waals surface area contributed by atoms with Crippen molar-refractivity contribution < 1.29 is 4.79 Å². The number of rotatable bonds is 3. The number of benzene rings is 1. The first-order chi connectivity index (χ1) is 14.5. The molecule has 5 N–H and O–H groups in total. The molecule has 30 heavy (non-hydrogen) atoms. The van der Waals surface area contributed by atoms with Crippen LogP contribution in [0.15, 0.2) is 18.3 Å². The Kier molecular flexibility index (Phi) is 4.57. The highest BCUT2D eigenvalue weighted by atomic mass is 35.5. The van der Waals surface area contributed by atoms with Crippen LogP contribution in [-0.4, -0.2) is 39.0 Å². The highest BCUT2D eigenvalue weighted by molar-refractivity contribution is 6.32. The number of nitrogen functional groups attached to an aromatic ring is 1. The van der Waals surface area contributed by atoms with E-state index in [4.69, 9.17) is 23.1 Å². The molecule has 1 aliphatic heterocycles. The molecule has 1 aliphatic carbocycles. The standard InChI is InChI=1S/C21H20ClN7O/c22-16-8-14-15(11-1-2-11)10-26-27-18(14)7-12(16)3-4-17-19(21(24)30)20(23)29(28-17)13-5-6-25-9-13/h7-8,10-11,13,25H,1-2,5-6,9,23H2,(H2,24,30). The van der Waals surface area contributed by atoms with Gasteiger partial charge in [-0.1, -0.05) is 17.5 Å². The van der Waals surface area contributed by atoms with E-state index in [0.717, 1.165) is 43.3 Å². The maximum absolute atomic E-state index is 12.0. The minimum Gasteiger partial charge on any atom is -0.383 e. The molecule has 1 saturated carbocycles. The summed E-state index contributed by atoms with van der Waals surface area (Å²) in [5, 5.41) is 17.6. The lowest BCUT2D eigenvalue weighted by atomic mass is 10.0. The second kappa shape index (κ2) is 7.27. The molecule has 0 spiro atoms. The molecule has 3 aromatic rings. The van der Waals surface area contributed by atoms with Gasteiger partial charge in [-0.3, -0.25) is 4.79 Å². The van der Waals surface area contributed by atoms with Crippen molar-refractivity contribution in [3.8, 4) is 11.8 Å². The predicted octanol–water partition coefficient (Wildman–Crippen LogP) is 1.97. The van der Waals surface area contributed by atoms with Gasteiger partial charge >= 0.3 is 0 Å². The average molecular weight is 422 g/mol. The van der Waals surface area contributed by atoms with Crippen LogP contribution in [0.25, 0.3) is 10.9 Å². The topological polar surface area (TPSA) is 125 Å². The van der Waals surface area contributed by atoms with Crippen molar-refractivity contribution in [1.29, 1.82) is 0 Å². The van der Waals surface area contributed by atoms with Crippen LogP contribution in [0.4, 0.5) is 5.82 Å². The van der Waals surface area contributed by atoms with E-state index < -0.39 is 5.91 Å². The molecule has 1 atom stereocenters. The molecular formula is C21H20ClN7O. The van der Waals surface area contributed by atoms with Crippen molar-refractivity contribution in [2.75, 3.05) is 18.8 Å². The minimum atomic E-state index is -0.654. The third kappa shape index (κ3) is 3.26. The molecule has 3 heterocycles. The number of halogens is 1. The smallest absolute Gasteiger partial charge is 0.255 e. The van der Waals surface area contributed by atoms with E-state index in [2.05, 4.69) is 32.5 Å². The van der Waals surface area contributed by atoms with Gasteiger partial charge in [0.25, 0.3) is 5.91 Å². The number of hydrogen-bond donors (Lipinski definition) is 3. The van der Waals surface area contributed by atoms with Gasteiger partial charge in [0, 0.05) is 17.5 Å². The van der Waals surface area contributed by atoms with E-state index in [1.54, 1.807) is 4.68 Å². The Bertz CT molecular complexity index is 1230. The van der Waals surface area contributed by atoms with Gasteiger partial charge in [0.15, 0.2) is 5.69 Å². The van der Waals surface area contributed by atoms with Gasteiger partial charge in [-0.15, -0.1) is 0 Å². The number of nitrogens with two attached hydrogens (primary N) is 2. The molecule has 8 nitrogen and oxygen atoms in total. The SMILES string of the molecule is NC(=O)c1c(C#Cc2cc3nncc(C4CC4)c3cc2Cl)nn(C2CCNC2)c1N. The zero-order chi connectivity index (χ0) is 20.8. The Balaban J connectivity index is 1.56. The normalized spacial score (nSPS) is 18.4. The number of amides is 1. The number of carbonyl (C=O) groups excluding carboxylic acids is 1. The quantitative estimate of drug-likeness (QED) is 0.555. The third-order valence-corrected chi connectivity index (χ3v) is 5.98. The largest absolute Gasteiger partial charge is 0.383 e. The number of anilines is 1. The Morgan fingerprint density at radius 2 is 2.10 bits per heavy atom. The lowest BCUT2D eigenvalue weighted by Gasteiger charge is -2.10. The van der Waals surface area contributed by atoms with Crippen LogP contribution in [0.1, 0.15) is 58.4 Å². The number of nitrogens with zero attached hydrogens (tertiary/aromatic N) is 4. The van der Waals surface area contributed by atoms with Crippen molar-refractivity contribution in [2.24, 2.45) is 5.73 Å². The molecule has 5 rings (SSSR count). The molecule has 1 amide bonds. The number of hydrogen-bond acceptors (Lipinski definition) is 6. The van der Waals surface area contributed by atoms with Crippen LogP contribution < -0.4 is 16.8 Å². The summed E-state index contributed by atoms with van der Waals surface area (Å²) in [5.74, 6) is 6.06. The highest BCUT2D eigenvalue weighted by Crippen LogP contribution is 2.43. The van der Waals surface area contributed by atoms with Gasteiger partial charge in [-0.2, -0.15) is 15.3 Å². The third-order valence-electron chi connectivity index (χ3n) is 5.67.